The molecule has 0 aromatic carbocycles. The summed E-state index contributed by atoms with van der Waals surface area (Å²) in [5.41, 5.74) is 6.96. The fourth-order valence-electron chi connectivity index (χ4n) is 0.749. The zero-order chi connectivity index (χ0) is 9.14. The summed E-state index contributed by atoms with van der Waals surface area (Å²) < 4.78 is 4.82. The highest BCUT2D eigenvalue weighted by Gasteiger charge is 2.08. The third-order valence-corrected chi connectivity index (χ3v) is 1.77. The van der Waals surface area contributed by atoms with Gasteiger partial charge < -0.3 is 10.2 Å². The van der Waals surface area contributed by atoms with Crippen molar-refractivity contribution in [3.63, 3.8) is 0 Å². The summed E-state index contributed by atoms with van der Waals surface area (Å²) in [4.78, 5) is 0. The van der Waals surface area contributed by atoms with Gasteiger partial charge in [0, 0.05) is 0 Å². The number of nitriles is 1. The molecule has 0 aliphatic heterocycles. The lowest BCUT2D eigenvalue weighted by Gasteiger charge is -1.97. The first-order chi connectivity index (χ1) is 5.66. The first-order valence-electron chi connectivity index (χ1n) is 3.26. The van der Waals surface area contributed by atoms with E-state index in [0.717, 1.165) is 0 Å². The van der Waals surface area contributed by atoms with Crippen LogP contribution in [0.25, 0.3) is 5.70 Å². The predicted molar refractivity (Wildman–Crippen MR) is 46.1 cm³/mol. The monoisotopic (exact) mass is 182 g/mol. The normalized spacial score (nSPS) is 12.1. The second kappa shape index (κ2) is 3.33. The van der Waals surface area contributed by atoms with Gasteiger partial charge in [0.05, 0.1) is 29.2 Å². The summed E-state index contributed by atoms with van der Waals surface area (Å²) in [5, 5.41) is 8.74. The standard InChI is InChI=1S/C8H7ClN2O/c1-5(4-10)7(11)6-2-3-12-8(6)9/h2-3H,11H2,1H3/b7-5-. The van der Waals surface area contributed by atoms with E-state index in [0.29, 0.717) is 16.8 Å². The van der Waals surface area contributed by atoms with Gasteiger partial charge in [-0.2, -0.15) is 5.26 Å². The van der Waals surface area contributed by atoms with E-state index in [2.05, 4.69) is 0 Å². The molecule has 0 unspecified atom stereocenters. The van der Waals surface area contributed by atoms with E-state index in [4.69, 9.17) is 27.0 Å². The summed E-state index contributed by atoms with van der Waals surface area (Å²) in [6.07, 6.45) is 1.43. The first kappa shape index (κ1) is 8.69. The lowest BCUT2D eigenvalue weighted by molar-refractivity contribution is 0.568. The summed E-state index contributed by atoms with van der Waals surface area (Å²) in [6.45, 7) is 1.62. The molecule has 0 aliphatic carbocycles. The molecule has 0 bridgehead atoms. The van der Waals surface area contributed by atoms with Crippen LogP contribution in [-0.4, -0.2) is 0 Å². The van der Waals surface area contributed by atoms with Crippen molar-refractivity contribution in [1.29, 1.82) is 5.26 Å². The molecular formula is C8H7ClN2O. The summed E-state index contributed by atoms with van der Waals surface area (Å²) in [5.74, 6) is 0. The SMILES string of the molecule is C/C(C#N)=C(/N)c1ccoc1Cl. The van der Waals surface area contributed by atoms with Gasteiger partial charge in [0.25, 0.3) is 0 Å². The number of nitrogens with zero attached hydrogens (tertiary/aromatic N) is 1. The van der Waals surface area contributed by atoms with Crippen LogP contribution in [0.3, 0.4) is 0 Å². The second-order valence-corrected chi connectivity index (χ2v) is 2.60. The largest absolute Gasteiger partial charge is 0.452 e. The molecule has 0 amide bonds. The number of allylic oxidation sites excluding steroid dienone is 1. The zero-order valence-corrected chi connectivity index (χ0v) is 7.22. The van der Waals surface area contributed by atoms with Crippen LogP contribution < -0.4 is 5.73 Å². The quantitative estimate of drug-likeness (QED) is 0.677. The van der Waals surface area contributed by atoms with Crippen molar-refractivity contribution in [2.24, 2.45) is 5.73 Å². The van der Waals surface area contributed by atoms with Crippen LogP contribution in [0.1, 0.15) is 12.5 Å². The topological polar surface area (TPSA) is 63.0 Å². The van der Waals surface area contributed by atoms with Gasteiger partial charge in [-0.05, 0) is 24.6 Å². The molecule has 0 fully saturated rings. The van der Waals surface area contributed by atoms with Crippen molar-refractivity contribution >= 4 is 17.3 Å². The smallest absolute Gasteiger partial charge is 0.202 e. The molecule has 0 atom stereocenters. The zero-order valence-electron chi connectivity index (χ0n) is 6.47. The van der Waals surface area contributed by atoms with Crippen molar-refractivity contribution in [3.8, 4) is 6.07 Å². The van der Waals surface area contributed by atoms with Crippen LogP contribution >= 0.6 is 11.6 Å². The Morgan fingerprint density at radius 3 is 2.83 bits per heavy atom. The molecule has 0 saturated carbocycles. The third kappa shape index (κ3) is 1.44. The van der Waals surface area contributed by atoms with Crippen LogP contribution in [0.5, 0.6) is 0 Å². The molecule has 0 aliphatic rings. The van der Waals surface area contributed by atoms with E-state index in [-0.39, 0.29) is 5.22 Å². The minimum Gasteiger partial charge on any atom is -0.452 e. The summed E-state index contributed by atoms with van der Waals surface area (Å²) >= 11 is 5.65. The first-order valence-corrected chi connectivity index (χ1v) is 3.64. The maximum atomic E-state index is 8.53. The van der Waals surface area contributed by atoms with Crippen molar-refractivity contribution < 1.29 is 4.42 Å². The maximum absolute atomic E-state index is 8.53. The second-order valence-electron chi connectivity index (χ2n) is 2.26. The molecule has 4 heteroatoms. The third-order valence-electron chi connectivity index (χ3n) is 1.48. The molecule has 1 aromatic heterocycles. The molecule has 0 saturated heterocycles. The lowest BCUT2D eigenvalue weighted by atomic mass is 10.1. The number of furan rings is 1. The van der Waals surface area contributed by atoms with Crippen molar-refractivity contribution in [1.82, 2.24) is 0 Å². The Hall–Kier alpha value is -1.40. The Bertz CT molecular complexity index is 359. The van der Waals surface area contributed by atoms with E-state index in [1.165, 1.54) is 6.26 Å². The molecule has 1 heterocycles. The molecule has 1 aromatic rings. The Labute approximate surface area is 75.0 Å². The summed E-state index contributed by atoms with van der Waals surface area (Å²) in [7, 11) is 0. The number of rotatable bonds is 1. The van der Waals surface area contributed by atoms with Gasteiger partial charge in [-0.15, -0.1) is 0 Å². The fraction of sp³-hybridized carbons (Fsp3) is 0.125. The highest BCUT2D eigenvalue weighted by atomic mass is 35.5. The molecule has 0 spiro atoms. The van der Waals surface area contributed by atoms with Gasteiger partial charge in [-0.25, -0.2) is 0 Å². The lowest BCUT2D eigenvalue weighted by Crippen LogP contribution is -1.97. The van der Waals surface area contributed by atoms with Gasteiger partial charge >= 0.3 is 0 Å². The van der Waals surface area contributed by atoms with Crippen molar-refractivity contribution in [2.45, 2.75) is 6.92 Å². The van der Waals surface area contributed by atoms with Gasteiger partial charge in [-0.1, -0.05) is 0 Å². The molecule has 1 rings (SSSR count). The van der Waals surface area contributed by atoms with Crippen LogP contribution in [0.15, 0.2) is 22.3 Å². The highest BCUT2D eigenvalue weighted by molar-refractivity contribution is 6.30. The van der Waals surface area contributed by atoms with Gasteiger partial charge in [0.1, 0.15) is 0 Å². The molecule has 3 nitrogen and oxygen atoms in total. The van der Waals surface area contributed by atoms with Gasteiger partial charge in [-0.3, -0.25) is 0 Å². The highest BCUT2D eigenvalue weighted by Crippen LogP contribution is 2.23. The fourth-order valence-corrected chi connectivity index (χ4v) is 0.965. The number of nitrogens with two attached hydrogens (primary N) is 1. The van der Waals surface area contributed by atoms with E-state index >= 15 is 0 Å². The number of hydrogen-bond donors (Lipinski definition) is 1. The predicted octanol–water partition coefficient (Wildman–Crippen LogP) is 2.15. The van der Waals surface area contributed by atoms with Crippen molar-refractivity contribution in [2.75, 3.05) is 0 Å². The van der Waals surface area contributed by atoms with E-state index in [1.807, 2.05) is 6.07 Å². The minimum absolute atomic E-state index is 0.210. The summed E-state index contributed by atoms with van der Waals surface area (Å²) in [6, 6.07) is 3.56. The van der Waals surface area contributed by atoms with E-state index < -0.39 is 0 Å². The molecule has 62 valence electrons. The van der Waals surface area contributed by atoms with Gasteiger partial charge in [0.2, 0.25) is 5.22 Å². The molecule has 0 radical (unpaired) electrons. The van der Waals surface area contributed by atoms with Crippen LogP contribution in [0.2, 0.25) is 5.22 Å². The molecular weight excluding hydrogens is 176 g/mol. The number of halogens is 1. The van der Waals surface area contributed by atoms with Crippen LogP contribution in [0, 0.1) is 11.3 Å². The average Bonchev–Trinajstić information content (AvgIpc) is 2.48. The van der Waals surface area contributed by atoms with Crippen LogP contribution in [0.4, 0.5) is 0 Å². The average molecular weight is 183 g/mol. The van der Waals surface area contributed by atoms with Crippen molar-refractivity contribution in [3.05, 3.63) is 28.7 Å². The van der Waals surface area contributed by atoms with E-state index in [1.54, 1.807) is 13.0 Å². The Morgan fingerprint density at radius 2 is 2.42 bits per heavy atom. The van der Waals surface area contributed by atoms with Gasteiger partial charge in [0.15, 0.2) is 0 Å². The van der Waals surface area contributed by atoms with Crippen LogP contribution in [-0.2, 0) is 0 Å². The molecule has 2 N–H and O–H groups in total. The maximum Gasteiger partial charge on any atom is 0.202 e. The molecule has 12 heavy (non-hydrogen) atoms. The minimum atomic E-state index is 0.210. The Morgan fingerprint density at radius 1 is 1.75 bits per heavy atom. The Kier molecular flexibility index (Phi) is 2.41. The number of hydrogen-bond acceptors (Lipinski definition) is 3. The Balaban J connectivity index is 3.18. The van der Waals surface area contributed by atoms with E-state index in [9.17, 15) is 0 Å².